The smallest absolute Gasteiger partial charge is 0.305 e. The monoisotopic (exact) mass is 297 g/mol. The molecule has 0 aliphatic heterocycles. The van der Waals surface area contributed by atoms with Crippen LogP contribution in [0.2, 0.25) is 5.02 Å². The Bertz CT molecular complexity index is 474. The van der Waals surface area contributed by atoms with E-state index in [-0.39, 0.29) is 11.9 Å². The van der Waals surface area contributed by atoms with Gasteiger partial charge in [-0.15, -0.1) is 0 Å². The van der Waals surface area contributed by atoms with Gasteiger partial charge in [0, 0.05) is 23.6 Å². The molecule has 0 fully saturated rings. The number of amides is 1. The number of hydrogen-bond donors (Lipinski definition) is 1. The van der Waals surface area contributed by atoms with Crippen molar-refractivity contribution in [3.63, 3.8) is 0 Å². The molecule has 0 aliphatic rings. The number of benzene rings is 1. The van der Waals surface area contributed by atoms with Crippen molar-refractivity contribution in [2.45, 2.75) is 32.6 Å². The van der Waals surface area contributed by atoms with E-state index in [0.717, 1.165) is 24.8 Å². The number of methoxy groups -OCH3 is 1. The lowest BCUT2D eigenvalue weighted by Gasteiger charge is -2.08. The lowest BCUT2D eigenvalue weighted by atomic mass is 10.1. The van der Waals surface area contributed by atoms with E-state index in [9.17, 15) is 9.59 Å². The summed E-state index contributed by atoms with van der Waals surface area (Å²) in [5, 5.41) is 3.49. The van der Waals surface area contributed by atoms with Gasteiger partial charge in [-0.1, -0.05) is 18.0 Å². The first-order valence-electron chi connectivity index (χ1n) is 6.65. The summed E-state index contributed by atoms with van der Waals surface area (Å²) in [6, 6.07) is 5.21. The van der Waals surface area contributed by atoms with E-state index in [1.54, 1.807) is 18.2 Å². The Labute approximate surface area is 124 Å². The number of carbonyl (C=O) groups is 2. The average Bonchev–Trinajstić information content (AvgIpc) is 2.42. The van der Waals surface area contributed by atoms with Gasteiger partial charge in [-0.25, -0.2) is 0 Å². The molecular formula is C15H20ClNO3. The number of esters is 1. The van der Waals surface area contributed by atoms with Crippen molar-refractivity contribution in [1.29, 1.82) is 0 Å². The number of rotatable bonds is 7. The molecule has 20 heavy (non-hydrogen) atoms. The first kappa shape index (κ1) is 16.5. The maximum absolute atomic E-state index is 11.9. The minimum atomic E-state index is -0.189. The number of hydrogen-bond acceptors (Lipinski definition) is 3. The molecule has 4 nitrogen and oxygen atoms in total. The van der Waals surface area contributed by atoms with Gasteiger partial charge in [-0.3, -0.25) is 9.59 Å². The van der Waals surface area contributed by atoms with E-state index in [0.29, 0.717) is 23.6 Å². The highest BCUT2D eigenvalue weighted by atomic mass is 35.5. The van der Waals surface area contributed by atoms with Crippen LogP contribution >= 0.6 is 11.6 Å². The molecule has 0 aromatic heterocycles. The topological polar surface area (TPSA) is 55.4 Å². The molecule has 0 bridgehead atoms. The minimum Gasteiger partial charge on any atom is -0.469 e. The van der Waals surface area contributed by atoms with E-state index in [4.69, 9.17) is 11.6 Å². The second kappa shape index (κ2) is 8.59. The molecule has 0 saturated carbocycles. The Hall–Kier alpha value is -1.55. The highest BCUT2D eigenvalue weighted by Gasteiger charge is 2.08. The van der Waals surface area contributed by atoms with Crippen molar-refractivity contribution in [3.05, 3.63) is 34.3 Å². The largest absolute Gasteiger partial charge is 0.469 e. The number of carbonyl (C=O) groups excluding carboxylic acids is 2. The number of aryl methyl sites for hydroxylation is 1. The third-order valence-corrected chi connectivity index (χ3v) is 3.24. The average molecular weight is 298 g/mol. The Balaban J connectivity index is 2.25. The van der Waals surface area contributed by atoms with Crippen LogP contribution in [0.25, 0.3) is 0 Å². The molecule has 0 radical (unpaired) electrons. The highest BCUT2D eigenvalue weighted by Crippen LogP contribution is 2.15. The Morgan fingerprint density at radius 2 is 2.00 bits per heavy atom. The van der Waals surface area contributed by atoms with Crippen molar-refractivity contribution in [2.24, 2.45) is 0 Å². The molecule has 1 N–H and O–H groups in total. The summed E-state index contributed by atoms with van der Waals surface area (Å²) in [6.07, 6.45) is 2.94. The molecule has 0 aliphatic carbocycles. The van der Waals surface area contributed by atoms with Gasteiger partial charge < -0.3 is 10.1 Å². The summed E-state index contributed by atoms with van der Waals surface area (Å²) in [4.78, 5) is 22.8. The third-order valence-electron chi connectivity index (χ3n) is 3.00. The zero-order valence-electron chi connectivity index (χ0n) is 11.9. The highest BCUT2D eigenvalue weighted by molar-refractivity contribution is 6.30. The van der Waals surface area contributed by atoms with Crippen molar-refractivity contribution >= 4 is 23.5 Å². The fraction of sp³-hybridized carbons (Fsp3) is 0.467. The fourth-order valence-corrected chi connectivity index (χ4v) is 2.08. The van der Waals surface area contributed by atoms with Gasteiger partial charge >= 0.3 is 5.97 Å². The van der Waals surface area contributed by atoms with Crippen LogP contribution in [0.15, 0.2) is 18.2 Å². The second-order valence-corrected chi connectivity index (χ2v) is 5.04. The van der Waals surface area contributed by atoms with Gasteiger partial charge in [0.2, 0.25) is 0 Å². The summed E-state index contributed by atoms with van der Waals surface area (Å²) in [5.74, 6) is -0.280. The van der Waals surface area contributed by atoms with Gasteiger partial charge in [0.1, 0.15) is 0 Å². The van der Waals surface area contributed by atoms with Gasteiger partial charge in [-0.05, 0) is 43.5 Å². The molecule has 1 aromatic carbocycles. The molecule has 1 amide bonds. The van der Waals surface area contributed by atoms with Crippen molar-refractivity contribution < 1.29 is 14.3 Å². The van der Waals surface area contributed by atoms with E-state index < -0.39 is 0 Å². The van der Waals surface area contributed by atoms with E-state index >= 15 is 0 Å². The molecule has 0 spiro atoms. The molecule has 0 atom stereocenters. The van der Waals surface area contributed by atoms with Crippen LogP contribution in [0.1, 0.15) is 41.6 Å². The van der Waals surface area contributed by atoms with Crippen LogP contribution in [-0.2, 0) is 9.53 Å². The van der Waals surface area contributed by atoms with Crippen molar-refractivity contribution in [2.75, 3.05) is 13.7 Å². The lowest BCUT2D eigenvalue weighted by molar-refractivity contribution is -0.140. The van der Waals surface area contributed by atoms with Gasteiger partial charge in [0.15, 0.2) is 0 Å². The van der Waals surface area contributed by atoms with Crippen LogP contribution in [0.4, 0.5) is 0 Å². The predicted octanol–water partition coefficient (Wildman–Crippen LogP) is 3.11. The molecule has 1 rings (SSSR count). The van der Waals surface area contributed by atoms with E-state index in [2.05, 4.69) is 10.1 Å². The Morgan fingerprint density at radius 1 is 1.25 bits per heavy atom. The van der Waals surface area contributed by atoms with E-state index in [1.807, 2.05) is 6.92 Å². The van der Waals surface area contributed by atoms with E-state index in [1.165, 1.54) is 7.11 Å². The molecule has 5 heteroatoms. The maximum atomic E-state index is 11.9. The SMILES string of the molecule is COC(=O)CCCCCNC(=O)c1ccc(Cl)cc1C. The first-order chi connectivity index (χ1) is 9.54. The quantitative estimate of drug-likeness (QED) is 0.621. The van der Waals surface area contributed by atoms with Crippen LogP contribution in [0.5, 0.6) is 0 Å². The number of nitrogens with one attached hydrogen (secondary N) is 1. The normalized spacial score (nSPS) is 10.2. The number of ether oxygens (including phenoxy) is 1. The zero-order chi connectivity index (χ0) is 15.0. The van der Waals surface area contributed by atoms with Crippen LogP contribution in [0.3, 0.4) is 0 Å². The minimum absolute atomic E-state index is 0.0906. The van der Waals surface area contributed by atoms with Crippen LogP contribution in [0, 0.1) is 6.92 Å². The Morgan fingerprint density at radius 3 is 2.65 bits per heavy atom. The molecule has 110 valence electrons. The van der Waals surface area contributed by atoms with Crippen molar-refractivity contribution in [3.8, 4) is 0 Å². The molecule has 0 unspecified atom stereocenters. The fourth-order valence-electron chi connectivity index (χ4n) is 1.85. The Kier molecular flexibility index (Phi) is 7.09. The number of unbranched alkanes of at least 4 members (excludes halogenated alkanes) is 2. The van der Waals surface area contributed by atoms with Crippen LogP contribution < -0.4 is 5.32 Å². The molecule has 1 aromatic rings. The molecular weight excluding hydrogens is 278 g/mol. The lowest BCUT2D eigenvalue weighted by Crippen LogP contribution is -2.25. The summed E-state index contributed by atoms with van der Waals surface area (Å²) in [6.45, 7) is 2.46. The molecule has 0 saturated heterocycles. The summed E-state index contributed by atoms with van der Waals surface area (Å²) in [5.41, 5.74) is 1.50. The van der Waals surface area contributed by atoms with Gasteiger partial charge in [-0.2, -0.15) is 0 Å². The number of halogens is 1. The summed E-state index contributed by atoms with van der Waals surface area (Å²) in [7, 11) is 1.39. The third kappa shape index (κ3) is 5.61. The van der Waals surface area contributed by atoms with Crippen LogP contribution in [-0.4, -0.2) is 25.5 Å². The molecule has 0 heterocycles. The van der Waals surface area contributed by atoms with Gasteiger partial charge in [0.05, 0.1) is 7.11 Å². The van der Waals surface area contributed by atoms with Gasteiger partial charge in [0.25, 0.3) is 5.91 Å². The zero-order valence-corrected chi connectivity index (χ0v) is 12.6. The second-order valence-electron chi connectivity index (χ2n) is 4.60. The maximum Gasteiger partial charge on any atom is 0.305 e. The standard InChI is InChI=1S/C15H20ClNO3/c1-11-10-12(16)7-8-13(11)15(19)17-9-5-3-4-6-14(18)20-2/h7-8,10H,3-6,9H2,1-2H3,(H,17,19). The van der Waals surface area contributed by atoms with Crippen molar-refractivity contribution in [1.82, 2.24) is 5.32 Å². The first-order valence-corrected chi connectivity index (χ1v) is 7.03. The summed E-state index contributed by atoms with van der Waals surface area (Å²) >= 11 is 5.85. The predicted molar refractivity (Wildman–Crippen MR) is 79.0 cm³/mol. The summed E-state index contributed by atoms with van der Waals surface area (Å²) < 4.78 is 4.56.